The summed E-state index contributed by atoms with van der Waals surface area (Å²) in [6, 6.07) is 6.25. The summed E-state index contributed by atoms with van der Waals surface area (Å²) in [6.07, 6.45) is 2.06. The third kappa shape index (κ3) is 3.91. The smallest absolute Gasteiger partial charge is 0.382 e. The van der Waals surface area contributed by atoms with Crippen LogP contribution in [0.15, 0.2) is 59.9 Å². The highest BCUT2D eigenvalue weighted by Gasteiger charge is 2.35. The molecule has 5 aromatic rings. The van der Waals surface area contributed by atoms with Gasteiger partial charge in [0.15, 0.2) is 5.82 Å². The van der Waals surface area contributed by atoms with Gasteiger partial charge in [-0.2, -0.15) is 23.4 Å². The lowest BCUT2D eigenvalue weighted by Crippen LogP contribution is -2.10. The SMILES string of the molecule is CC(c1cnn(-c2ccccc2F)c1)c1c(Br)c(-c2cnc(C(F)(F)F)nc2)c2c(N)ncnn12. The quantitative estimate of drug-likeness (QED) is 0.317. The van der Waals surface area contributed by atoms with Crippen LogP contribution in [0.4, 0.5) is 23.4 Å². The van der Waals surface area contributed by atoms with Gasteiger partial charge in [-0.15, -0.1) is 0 Å². The predicted molar refractivity (Wildman–Crippen MR) is 122 cm³/mol. The van der Waals surface area contributed by atoms with Crippen molar-refractivity contribution < 1.29 is 17.6 Å². The summed E-state index contributed by atoms with van der Waals surface area (Å²) in [4.78, 5) is 11.0. The number of fused-ring (bicyclic) bond motifs is 1. The maximum atomic E-state index is 14.2. The molecule has 13 heteroatoms. The lowest BCUT2D eigenvalue weighted by atomic mass is 10.0. The van der Waals surface area contributed by atoms with Gasteiger partial charge < -0.3 is 5.73 Å². The van der Waals surface area contributed by atoms with E-state index >= 15 is 0 Å². The molecule has 4 aromatic heterocycles. The summed E-state index contributed by atoms with van der Waals surface area (Å²) in [6.45, 7) is 1.89. The molecule has 0 spiro atoms. The van der Waals surface area contributed by atoms with E-state index in [1.807, 2.05) is 6.92 Å². The zero-order valence-corrected chi connectivity index (χ0v) is 19.5. The number of benzene rings is 1. The first-order valence-electron chi connectivity index (χ1n) is 10.2. The van der Waals surface area contributed by atoms with Gasteiger partial charge in [0.05, 0.1) is 11.9 Å². The third-order valence-electron chi connectivity index (χ3n) is 5.53. The van der Waals surface area contributed by atoms with Crippen molar-refractivity contribution in [2.24, 2.45) is 0 Å². The molecule has 0 aliphatic carbocycles. The van der Waals surface area contributed by atoms with Crippen molar-refractivity contribution >= 4 is 27.3 Å². The second kappa shape index (κ2) is 8.41. The molecule has 35 heavy (non-hydrogen) atoms. The molecule has 0 bridgehead atoms. The van der Waals surface area contributed by atoms with Crippen molar-refractivity contribution in [3.05, 3.63) is 82.8 Å². The van der Waals surface area contributed by atoms with Gasteiger partial charge in [0.1, 0.15) is 23.3 Å². The third-order valence-corrected chi connectivity index (χ3v) is 6.34. The van der Waals surface area contributed by atoms with Gasteiger partial charge in [-0.3, -0.25) is 0 Å². The van der Waals surface area contributed by atoms with Crippen molar-refractivity contribution in [3.63, 3.8) is 0 Å². The average Bonchev–Trinajstić information content (AvgIpc) is 3.42. The number of aromatic nitrogens is 7. The number of rotatable bonds is 4. The summed E-state index contributed by atoms with van der Waals surface area (Å²) in [5, 5.41) is 8.61. The Morgan fingerprint density at radius 1 is 1.03 bits per heavy atom. The Labute approximate surface area is 203 Å². The first kappa shape index (κ1) is 22.9. The van der Waals surface area contributed by atoms with E-state index in [9.17, 15) is 17.6 Å². The first-order chi connectivity index (χ1) is 16.7. The number of para-hydroxylation sites is 1. The topological polar surface area (TPSA) is 99.8 Å². The lowest BCUT2D eigenvalue weighted by Gasteiger charge is -2.10. The number of hydrogen-bond acceptors (Lipinski definition) is 6. The maximum absolute atomic E-state index is 14.2. The Morgan fingerprint density at radius 3 is 2.43 bits per heavy atom. The first-order valence-corrected chi connectivity index (χ1v) is 11.0. The Kier molecular flexibility index (Phi) is 5.50. The summed E-state index contributed by atoms with van der Waals surface area (Å²) >= 11 is 3.58. The number of halogens is 5. The van der Waals surface area contributed by atoms with Crippen LogP contribution in [0.25, 0.3) is 22.3 Å². The zero-order chi connectivity index (χ0) is 24.9. The molecular weight excluding hydrogens is 532 g/mol. The number of nitrogens with zero attached hydrogens (tertiary/aromatic N) is 7. The molecule has 0 radical (unpaired) electrons. The fraction of sp³-hybridized carbons (Fsp3) is 0.136. The van der Waals surface area contributed by atoms with Gasteiger partial charge in [-0.25, -0.2) is 28.5 Å². The summed E-state index contributed by atoms with van der Waals surface area (Å²) in [7, 11) is 0. The fourth-order valence-electron chi connectivity index (χ4n) is 3.84. The molecule has 1 unspecified atom stereocenters. The molecule has 5 rings (SSSR count). The van der Waals surface area contributed by atoms with Crippen LogP contribution < -0.4 is 5.73 Å². The van der Waals surface area contributed by atoms with Gasteiger partial charge in [0, 0.05) is 40.1 Å². The largest absolute Gasteiger partial charge is 0.451 e. The Hall–Kier alpha value is -3.87. The maximum Gasteiger partial charge on any atom is 0.451 e. The van der Waals surface area contributed by atoms with E-state index in [1.165, 1.54) is 17.1 Å². The summed E-state index contributed by atoms with van der Waals surface area (Å²) in [5.41, 5.74) is 8.92. The van der Waals surface area contributed by atoms with E-state index in [-0.39, 0.29) is 11.7 Å². The van der Waals surface area contributed by atoms with Crippen molar-refractivity contribution in [3.8, 4) is 16.8 Å². The van der Waals surface area contributed by atoms with Crippen LogP contribution >= 0.6 is 15.9 Å². The molecule has 0 saturated carbocycles. The van der Waals surface area contributed by atoms with E-state index in [4.69, 9.17) is 5.73 Å². The van der Waals surface area contributed by atoms with Crippen LogP contribution in [-0.2, 0) is 6.18 Å². The minimum absolute atomic E-state index is 0.121. The summed E-state index contributed by atoms with van der Waals surface area (Å²) < 4.78 is 56.6. The number of anilines is 1. The summed E-state index contributed by atoms with van der Waals surface area (Å²) in [5.74, 6) is -1.89. The molecule has 1 atom stereocenters. The standard InChI is InChI=1S/C22H15BrF4N8/c1-11(13-8-32-34(9-13)15-5-3-2-4-14(15)24)18-17(23)16(19-20(28)31-10-33-35(18)19)12-6-29-21(30-7-12)22(25,26)27/h2-11H,1H3,(H2,28,31,33). The molecule has 178 valence electrons. The number of nitrogen functional groups attached to an aromatic ring is 1. The van der Waals surface area contributed by atoms with Crippen LogP contribution in [0.2, 0.25) is 0 Å². The van der Waals surface area contributed by atoms with E-state index < -0.39 is 17.8 Å². The average molecular weight is 547 g/mol. The second-order valence-corrected chi connectivity index (χ2v) is 8.46. The molecule has 0 fully saturated rings. The number of hydrogen-bond donors (Lipinski definition) is 1. The van der Waals surface area contributed by atoms with Crippen LogP contribution in [0.1, 0.15) is 29.9 Å². The Balaban J connectivity index is 1.64. The van der Waals surface area contributed by atoms with Crippen LogP contribution in [0, 0.1) is 5.82 Å². The normalized spacial score (nSPS) is 12.9. The zero-order valence-electron chi connectivity index (χ0n) is 17.9. The number of alkyl halides is 3. The minimum Gasteiger partial charge on any atom is -0.382 e. The van der Waals surface area contributed by atoms with Crippen molar-refractivity contribution in [1.29, 1.82) is 0 Å². The minimum atomic E-state index is -4.67. The van der Waals surface area contributed by atoms with Crippen LogP contribution in [-0.4, -0.2) is 34.3 Å². The van der Waals surface area contributed by atoms with E-state index in [0.717, 1.165) is 18.0 Å². The van der Waals surface area contributed by atoms with Crippen molar-refractivity contribution in [1.82, 2.24) is 34.3 Å². The highest BCUT2D eigenvalue weighted by atomic mass is 79.9. The van der Waals surface area contributed by atoms with Gasteiger partial charge in [0.25, 0.3) is 0 Å². The van der Waals surface area contributed by atoms with Crippen molar-refractivity contribution in [2.45, 2.75) is 19.0 Å². The highest BCUT2D eigenvalue weighted by molar-refractivity contribution is 9.10. The number of nitrogens with two attached hydrogens (primary N) is 1. The highest BCUT2D eigenvalue weighted by Crippen LogP contribution is 2.43. The van der Waals surface area contributed by atoms with Crippen LogP contribution in [0.3, 0.4) is 0 Å². The van der Waals surface area contributed by atoms with E-state index in [1.54, 1.807) is 35.1 Å². The molecule has 0 aliphatic heterocycles. The van der Waals surface area contributed by atoms with Gasteiger partial charge in [-0.05, 0) is 33.6 Å². The predicted octanol–water partition coefficient (Wildman–Crippen LogP) is 5.03. The Bertz CT molecular complexity index is 1540. The molecule has 0 saturated heterocycles. The fourth-order valence-corrected chi connectivity index (χ4v) is 4.76. The van der Waals surface area contributed by atoms with E-state index in [2.05, 4.69) is 41.1 Å². The lowest BCUT2D eigenvalue weighted by molar-refractivity contribution is -0.144. The van der Waals surface area contributed by atoms with Crippen molar-refractivity contribution in [2.75, 3.05) is 5.73 Å². The van der Waals surface area contributed by atoms with Crippen LogP contribution in [0.5, 0.6) is 0 Å². The van der Waals surface area contributed by atoms with E-state index in [0.29, 0.717) is 32.5 Å². The molecular formula is C22H15BrF4N8. The molecule has 1 aromatic carbocycles. The Morgan fingerprint density at radius 2 is 1.74 bits per heavy atom. The molecule has 4 heterocycles. The second-order valence-electron chi connectivity index (χ2n) is 7.66. The van der Waals surface area contributed by atoms with Gasteiger partial charge in [0.2, 0.25) is 5.82 Å². The van der Waals surface area contributed by atoms with Gasteiger partial charge >= 0.3 is 6.18 Å². The van der Waals surface area contributed by atoms with Gasteiger partial charge in [-0.1, -0.05) is 19.1 Å². The molecule has 0 aliphatic rings. The monoisotopic (exact) mass is 546 g/mol. The molecule has 2 N–H and O–H groups in total. The molecule has 8 nitrogen and oxygen atoms in total. The molecule has 0 amide bonds.